The van der Waals surface area contributed by atoms with Crippen molar-refractivity contribution in [2.24, 2.45) is 0 Å². The molecule has 0 spiro atoms. The Morgan fingerprint density at radius 1 is 1.20 bits per heavy atom. The Kier molecular flexibility index (Phi) is 8.08. The van der Waals surface area contributed by atoms with Crippen LogP contribution < -0.4 is 20.3 Å². The molecular formula is C31H44N6O6Si. The number of ether oxygens (including phenoxy) is 1. The highest BCUT2D eigenvalue weighted by Gasteiger charge is 2.43. The summed E-state index contributed by atoms with van der Waals surface area (Å²) in [4.78, 5) is 37.7. The van der Waals surface area contributed by atoms with Gasteiger partial charge in [-0.3, -0.25) is 4.79 Å². The molecule has 1 saturated heterocycles. The van der Waals surface area contributed by atoms with E-state index in [-0.39, 0.29) is 10.9 Å². The number of aromatic nitrogens is 2. The van der Waals surface area contributed by atoms with Gasteiger partial charge in [-0.15, -0.1) is 0 Å². The van der Waals surface area contributed by atoms with E-state index in [1.165, 1.54) is 4.90 Å². The van der Waals surface area contributed by atoms with Crippen LogP contribution in [0.5, 0.6) is 5.75 Å². The second-order valence-corrected chi connectivity index (χ2v) is 18.6. The van der Waals surface area contributed by atoms with Gasteiger partial charge in [-0.25, -0.2) is 9.78 Å². The van der Waals surface area contributed by atoms with E-state index in [1.54, 1.807) is 45.4 Å². The summed E-state index contributed by atoms with van der Waals surface area (Å²) in [5.74, 6) is 1.38. The van der Waals surface area contributed by atoms with E-state index in [2.05, 4.69) is 54.4 Å². The molecule has 0 saturated carbocycles. The average Bonchev–Trinajstić information content (AvgIpc) is 3.41. The molecule has 3 aromatic rings. The molecular weight excluding hydrogens is 580 g/mol. The number of rotatable bonds is 8. The summed E-state index contributed by atoms with van der Waals surface area (Å²) in [5, 5.41) is 16.2. The lowest BCUT2D eigenvalue weighted by Gasteiger charge is -2.47. The molecule has 5 rings (SSSR count). The third kappa shape index (κ3) is 6.07. The Hall–Kier alpha value is -3.84. The van der Waals surface area contributed by atoms with E-state index in [9.17, 15) is 14.7 Å². The number of fused-ring (bicyclic) bond motifs is 2. The molecule has 0 bridgehead atoms. The number of nitrogens with zero attached hydrogens (tertiary/aromatic N) is 4. The first-order chi connectivity index (χ1) is 20.5. The van der Waals surface area contributed by atoms with E-state index in [0.717, 1.165) is 0 Å². The standard InChI is InChI=1S/C31H44N6O6Si/c1-29(2,3)44(7,8)42-18-14-31(36(6)28(39)40)12-15-37(16-13-31)25-24-21(11-17-41-24)34-27(35-25)32-20-9-10-23-22(19-20)33-26(38)30(4,5)43-23/h9-11,17,19H,12-16,18H2,1-8H3,(H,33,38)(H,39,40)(H,32,34,35). The van der Waals surface area contributed by atoms with Gasteiger partial charge in [0.2, 0.25) is 5.95 Å². The van der Waals surface area contributed by atoms with Gasteiger partial charge in [0, 0.05) is 38.5 Å². The Morgan fingerprint density at radius 3 is 2.57 bits per heavy atom. The molecule has 1 aromatic carbocycles. The molecule has 2 amide bonds. The van der Waals surface area contributed by atoms with Crippen LogP contribution in [0, 0.1) is 0 Å². The Balaban J connectivity index is 1.35. The summed E-state index contributed by atoms with van der Waals surface area (Å²) < 4.78 is 18.1. The molecule has 1 fully saturated rings. The van der Waals surface area contributed by atoms with E-state index in [0.29, 0.717) is 78.9 Å². The molecule has 0 atom stereocenters. The zero-order valence-electron chi connectivity index (χ0n) is 26.9. The number of piperidine rings is 1. The van der Waals surface area contributed by atoms with Crippen LogP contribution in [0.25, 0.3) is 11.1 Å². The average molecular weight is 625 g/mol. The second-order valence-electron chi connectivity index (χ2n) is 13.8. The highest BCUT2D eigenvalue weighted by molar-refractivity contribution is 6.74. The van der Waals surface area contributed by atoms with Crippen LogP contribution in [0.3, 0.4) is 0 Å². The van der Waals surface area contributed by atoms with Crippen LogP contribution in [0.4, 0.5) is 27.9 Å². The van der Waals surface area contributed by atoms with Crippen molar-refractivity contribution in [2.75, 3.05) is 42.3 Å². The normalized spacial score (nSPS) is 17.9. The first-order valence-electron chi connectivity index (χ1n) is 15.0. The van der Waals surface area contributed by atoms with Crippen molar-refractivity contribution in [1.82, 2.24) is 14.9 Å². The molecule has 13 heteroatoms. The first-order valence-corrected chi connectivity index (χ1v) is 17.9. The third-order valence-electron chi connectivity index (χ3n) is 9.51. The maximum Gasteiger partial charge on any atom is 0.407 e. The van der Waals surface area contributed by atoms with E-state index in [1.807, 2.05) is 6.07 Å². The topological polar surface area (TPSA) is 142 Å². The molecule has 4 heterocycles. The number of benzene rings is 1. The van der Waals surface area contributed by atoms with Gasteiger partial charge in [-0.05, 0) is 69.4 Å². The first kappa shape index (κ1) is 31.6. The molecule has 238 valence electrons. The zero-order chi connectivity index (χ0) is 32.1. The Bertz CT molecular complexity index is 1560. The van der Waals surface area contributed by atoms with Crippen molar-refractivity contribution < 1.29 is 28.3 Å². The van der Waals surface area contributed by atoms with Gasteiger partial charge in [0.05, 0.1) is 17.5 Å². The van der Waals surface area contributed by atoms with Crippen LogP contribution in [0.1, 0.15) is 53.9 Å². The number of furan rings is 1. The number of carbonyl (C=O) groups is 2. The third-order valence-corrected chi connectivity index (χ3v) is 14.0. The minimum absolute atomic E-state index is 0.0765. The van der Waals surface area contributed by atoms with Gasteiger partial charge in [0.25, 0.3) is 5.91 Å². The van der Waals surface area contributed by atoms with E-state index < -0.39 is 25.6 Å². The van der Waals surface area contributed by atoms with Crippen LogP contribution >= 0.6 is 0 Å². The number of hydrogen-bond donors (Lipinski definition) is 3. The summed E-state index contributed by atoms with van der Waals surface area (Å²) in [5.41, 5.74) is 0.973. The lowest BCUT2D eigenvalue weighted by atomic mass is 9.83. The number of anilines is 4. The lowest BCUT2D eigenvalue weighted by Crippen LogP contribution is -2.56. The Morgan fingerprint density at radius 2 is 1.91 bits per heavy atom. The van der Waals surface area contributed by atoms with Crippen molar-refractivity contribution in [3.05, 3.63) is 30.5 Å². The molecule has 0 unspecified atom stereocenters. The maximum absolute atomic E-state index is 12.4. The molecule has 44 heavy (non-hydrogen) atoms. The molecule has 3 N–H and O–H groups in total. The maximum atomic E-state index is 12.4. The number of nitrogens with one attached hydrogen (secondary N) is 2. The van der Waals surface area contributed by atoms with Gasteiger partial charge in [0.15, 0.2) is 25.3 Å². The minimum atomic E-state index is -1.97. The van der Waals surface area contributed by atoms with Crippen molar-refractivity contribution >= 4 is 54.6 Å². The van der Waals surface area contributed by atoms with Crippen molar-refractivity contribution in [3.8, 4) is 5.75 Å². The van der Waals surface area contributed by atoms with Gasteiger partial charge < -0.3 is 39.1 Å². The summed E-state index contributed by atoms with van der Waals surface area (Å²) >= 11 is 0. The smallest absolute Gasteiger partial charge is 0.407 e. The number of carbonyl (C=O) groups excluding carboxylic acids is 1. The molecule has 0 radical (unpaired) electrons. The van der Waals surface area contributed by atoms with Crippen molar-refractivity contribution in [1.29, 1.82) is 0 Å². The Labute approximate surface area is 259 Å². The van der Waals surface area contributed by atoms with Crippen LogP contribution in [0.15, 0.2) is 34.9 Å². The van der Waals surface area contributed by atoms with Gasteiger partial charge in [-0.1, -0.05) is 20.8 Å². The van der Waals surface area contributed by atoms with Crippen LogP contribution in [-0.4, -0.2) is 78.2 Å². The minimum Gasteiger partial charge on any atom is -0.476 e. The van der Waals surface area contributed by atoms with Crippen molar-refractivity contribution in [2.45, 2.75) is 83.2 Å². The highest BCUT2D eigenvalue weighted by atomic mass is 28.4. The molecule has 0 aliphatic carbocycles. The fraction of sp³-hybridized carbons (Fsp3) is 0.548. The lowest BCUT2D eigenvalue weighted by molar-refractivity contribution is -0.129. The van der Waals surface area contributed by atoms with Crippen LogP contribution in [0.2, 0.25) is 18.1 Å². The quantitative estimate of drug-likeness (QED) is 0.240. The molecule has 2 aliphatic rings. The SMILES string of the molecule is CN(C(=O)O)C1(CCO[Si](C)(C)C(C)(C)C)CCN(c2nc(Nc3ccc4c(c3)NC(=O)C(C)(C)O4)nc3ccoc23)CC1. The summed E-state index contributed by atoms with van der Waals surface area (Å²) in [6.07, 6.45) is 2.51. The molecule has 2 aliphatic heterocycles. The summed E-state index contributed by atoms with van der Waals surface area (Å²) in [7, 11) is -0.309. The van der Waals surface area contributed by atoms with Gasteiger partial charge >= 0.3 is 6.09 Å². The van der Waals surface area contributed by atoms with Crippen LogP contribution in [-0.2, 0) is 9.22 Å². The van der Waals surface area contributed by atoms with Gasteiger partial charge in [-0.2, -0.15) is 4.98 Å². The van der Waals surface area contributed by atoms with E-state index >= 15 is 0 Å². The molecule has 2 aromatic heterocycles. The zero-order valence-corrected chi connectivity index (χ0v) is 27.9. The fourth-order valence-electron chi connectivity index (χ4n) is 5.44. The second kappa shape index (κ2) is 11.3. The highest BCUT2D eigenvalue weighted by Crippen LogP contribution is 2.40. The number of amides is 2. The van der Waals surface area contributed by atoms with Gasteiger partial charge in [0.1, 0.15) is 11.3 Å². The predicted octanol–water partition coefficient (Wildman–Crippen LogP) is 6.44. The molecule has 12 nitrogen and oxygen atoms in total. The van der Waals surface area contributed by atoms with E-state index in [4.69, 9.17) is 18.6 Å². The predicted molar refractivity (Wildman–Crippen MR) is 173 cm³/mol. The fourth-order valence-corrected chi connectivity index (χ4v) is 6.48. The van der Waals surface area contributed by atoms with Crippen molar-refractivity contribution in [3.63, 3.8) is 0 Å². The number of hydrogen-bond acceptors (Lipinski definition) is 9. The summed E-state index contributed by atoms with van der Waals surface area (Å²) in [6.45, 7) is 16.2. The number of carboxylic acid groups (broad SMARTS) is 1. The largest absolute Gasteiger partial charge is 0.476 e. The summed E-state index contributed by atoms with van der Waals surface area (Å²) in [6, 6.07) is 7.22. The monoisotopic (exact) mass is 624 g/mol.